The van der Waals surface area contributed by atoms with Gasteiger partial charge in [0.1, 0.15) is 23.7 Å². The minimum absolute atomic E-state index is 0.0280. The minimum Gasteiger partial charge on any atom is -0.481 e. The molecule has 0 spiro atoms. The van der Waals surface area contributed by atoms with Crippen LogP contribution in [0, 0.1) is 0 Å². The van der Waals surface area contributed by atoms with E-state index in [2.05, 4.69) is 5.32 Å². The molecule has 0 bridgehead atoms. The van der Waals surface area contributed by atoms with Gasteiger partial charge >= 0.3 is 17.9 Å². The third kappa shape index (κ3) is 5.00. The van der Waals surface area contributed by atoms with E-state index < -0.39 is 35.2 Å². The SMILES string of the molecule is CC(=O)OCC1=C(C(=O)O)N2C(=O)[C@@H](NC(=O)CCCCC(=O)O)[C@H]2SC1. The summed E-state index contributed by atoms with van der Waals surface area (Å²) in [4.78, 5) is 58.4. The summed E-state index contributed by atoms with van der Waals surface area (Å²) >= 11 is 1.28. The number of β-lactam (4-membered cyclic amide) rings is 1. The Kier molecular flexibility index (Phi) is 6.83. The van der Waals surface area contributed by atoms with Gasteiger partial charge in [0.2, 0.25) is 5.91 Å². The maximum absolute atomic E-state index is 12.4. The first-order chi connectivity index (χ1) is 12.7. The molecule has 1 fully saturated rings. The molecule has 2 atom stereocenters. The van der Waals surface area contributed by atoms with Crippen molar-refractivity contribution in [2.45, 2.75) is 44.0 Å². The van der Waals surface area contributed by atoms with Gasteiger partial charge in [-0.1, -0.05) is 0 Å². The number of nitrogens with one attached hydrogen (secondary N) is 1. The molecule has 1 saturated heterocycles. The van der Waals surface area contributed by atoms with E-state index in [0.29, 0.717) is 18.4 Å². The molecule has 2 heterocycles. The van der Waals surface area contributed by atoms with Crippen molar-refractivity contribution in [2.24, 2.45) is 0 Å². The first kappa shape index (κ1) is 20.7. The van der Waals surface area contributed by atoms with Crippen molar-refractivity contribution in [1.29, 1.82) is 0 Å². The lowest BCUT2D eigenvalue weighted by atomic mass is 10.0. The fraction of sp³-hybridized carbons (Fsp3) is 0.562. The van der Waals surface area contributed by atoms with Gasteiger partial charge in [-0.3, -0.25) is 24.1 Å². The lowest BCUT2D eigenvalue weighted by Gasteiger charge is -2.49. The predicted molar refractivity (Wildman–Crippen MR) is 92.4 cm³/mol. The van der Waals surface area contributed by atoms with Crippen molar-refractivity contribution >= 4 is 41.5 Å². The van der Waals surface area contributed by atoms with Gasteiger partial charge in [0.15, 0.2) is 0 Å². The van der Waals surface area contributed by atoms with E-state index in [1.54, 1.807) is 0 Å². The van der Waals surface area contributed by atoms with Crippen LogP contribution in [-0.2, 0) is 28.7 Å². The first-order valence-corrected chi connectivity index (χ1v) is 9.31. The highest BCUT2D eigenvalue weighted by Gasteiger charge is 2.54. The quantitative estimate of drug-likeness (QED) is 0.274. The highest BCUT2D eigenvalue weighted by Crippen LogP contribution is 2.40. The van der Waals surface area contributed by atoms with Crippen LogP contribution in [0.15, 0.2) is 11.3 Å². The molecule has 2 aliphatic heterocycles. The fourth-order valence-corrected chi connectivity index (χ4v) is 4.12. The zero-order valence-electron chi connectivity index (χ0n) is 14.6. The normalized spacial score (nSPS) is 21.2. The standard InChI is InChI=1S/C16H20N2O8S/c1-8(19)26-6-9-7-27-15-12(14(23)18(15)13(9)16(24)25)17-10(20)4-2-3-5-11(21)22/h12,15H,2-7H2,1H3,(H,17,20)(H,21,22)(H,24,25)/t12-,15-/m1/s1. The number of rotatable bonds is 9. The lowest BCUT2D eigenvalue weighted by molar-refractivity contribution is -0.151. The number of hydrogen-bond donors (Lipinski definition) is 3. The Labute approximate surface area is 158 Å². The van der Waals surface area contributed by atoms with Crippen LogP contribution in [0.2, 0.25) is 0 Å². The fourth-order valence-electron chi connectivity index (χ4n) is 2.79. The van der Waals surface area contributed by atoms with Gasteiger partial charge in [-0.25, -0.2) is 4.79 Å². The van der Waals surface area contributed by atoms with Crippen molar-refractivity contribution in [1.82, 2.24) is 10.2 Å². The van der Waals surface area contributed by atoms with Gasteiger partial charge in [-0.15, -0.1) is 11.8 Å². The number of carboxylic acid groups (broad SMARTS) is 2. The van der Waals surface area contributed by atoms with Gasteiger partial charge in [0.05, 0.1) is 0 Å². The molecular formula is C16H20N2O8S. The van der Waals surface area contributed by atoms with Crippen LogP contribution in [0.4, 0.5) is 0 Å². The van der Waals surface area contributed by atoms with Crippen molar-refractivity contribution in [2.75, 3.05) is 12.4 Å². The van der Waals surface area contributed by atoms with Crippen LogP contribution >= 0.6 is 11.8 Å². The maximum atomic E-state index is 12.4. The van der Waals surface area contributed by atoms with Crippen LogP contribution in [0.25, 0.3) is 0 Å². The zero-order valence-corrected chi connectivity index (χ0v) is 15.4. The number of carboxylic acids is 2. The van der Waals surface area contributed by atoms with Gasteiger partial charge in [-0.05, 0) is 12.8 Å². The van der Waals surface area contributed by atoms with E-state index >= 15 is 0 Å². The van der Waals surface area contributed by atoms with Crippen LogP contribution < -0.4 is 5.32 Å². The summed E-state index contributed by atoms with van der Waals surface area (Å²) < 4.78 is 4.84. The van der Waals surface area contributed by atoms with E-state index in [4.69, 9.17) is 9.84 Å². The average molecular weight is 400 g/mol. The molecule has 3 N–H and O–H groups in total. The molecule has 0 aromatic rings. The van der Waals surface area contributed by atoms with E-state index in [1.165, 1.54) is 18.7 Å². The van der Waals surface area contributed by atoms with Crippen LogP contribution in [0.3, 0.4) is 0 Å². The molecule has 0 radical (unpaired) electrons. The van der Waals surface area contributed by atoms with Crippen LogP contribution in [0.5, 0.6) is 0 Å². The molecule has 0 aromatic carbocycles. The molecule has 27 heavy (non-hydrogen) atoms. The number of carbonyl (C=O) groups is 5. The topological polar surface area (TPSA) is 150 Å². The molecule has 0 unspecified atom stereocenters. The van der Waals surface area contributed by atoms with Gasteiger partial charge in [0, 0.05) is 31.1 Å². The number of amides is 2. The second-order valence-electron chi connectivity index (χ2n) is 6.09. The highest BCUT2D eigenvalue weighted by molar-refractivity contribution is 8.00. The zero-order chi connectivity index (χ0) is 20.1. The molecule has 148 valence electrons. The second kappa shape index (κ2) is 8.89. The molecule has 10 nitrogen and oxygen atoms in total. The van der Waals surface area contributed by atoms with Crippen LogP contribution in [-0.4, -0.2) is 68.6 Å². The Bertz CT molecular complexity index is 705. The smallest absolute Gasteiger partial charge is 0.352 e. The summed E-state index contributed by atoms with van der Waals surface area (Å²) in [6.07, 6.45) is 0.804. The van der Waals surface area contributed by atoms with E-state index in [9.17, 15) is 29.1 Å². The molecule has 0 saturated carbocycles. The van der Waals surface area contributed by atoms with Gasteiger partial charge < -0.3 is 20.3 Å². The number of hydrogen-bond acceptors (Lipinski definition) is 7. The Hall–Kier alpha value is -2.56. The maximum Gasteiger partial charge on any atom is 0.352 e. The summed E-state index contributed by atoms with van der Waals surface area (Å²) in [5.74, 6) is -3.45. The number of unbranched alkanes of at least 4 members (excludes halogenated alkanes) is 1. The number of thioether (sulfide) groups is 1. The van der Waals surface area contributed by atoms with Gasteiger partial charge in [-0.2, -0.15) is 0 Å². The number of fused-ring (bicyclic) bond motifs is 1. The van der Waals surface area contributed by atoms with Crippen molar-refractivity contribution in [3.05, 3.63) is 11.3 Å². The monoisotopic (exact) mass is 400 g/mol. The molecule has 0 aliphatic carbocycles. The van der Waals surface area contributed by atoms with Gasteiger partial charge in [0.25, 0.3) is 5.91 Å². The molecule has 11 heteroatoms. The van der Waals surface area contributed by atoms with Crippen LogP contribution in [0.1, 0.15) is 32.6 Å². The number of ether oxygens (including phenoxy) is 1. The number of nitrogens with zero attached hydrogens (tertiary/aromatic N) is 1. The Morgan fingerprint density at radius 3 is 2.48 bits per heavy atom. The Morgan fingerprint density at radius 1 is 1.22 bits per heavy atom. The van der Waals surface area contributed by atoms with E-state index in [1.807, 2.05) is 0 Å². The number of esters is 1. The summed E-state index contributed by atoms with van der Waals surface area (Å²) in [6.45, 7) is 0.998. The van der Waals surface area contributed by atoms with Crippen molar-refractivity contribution in [3.63, 3.8) is 0 Å². The first-order valence-electron chi connectivity index (χ1n) is 8.27. The summed E-state index contributed by atoms with van der Waals surface area (Å²) in [6, 6.07) is -0.827. The minimum atomic E-state index is -1.30. The third-order valence-electron chi connectivity index (χ3n) is 4.06. The predicted octanol–water partition coefficient (Wildman–Crippen LogP) is -0.0669. The lowest BCUT2D eigenvalue weighted by Crippen LogP contribution is -2.70. The van der Waals surface area contributed by atoms with Crippen molar-refractivity contribution < 1.29 is 38.9 Å². The Morgan fingerprint density at radius 2 is 1.89 bits per heavy atom. The largest absolute Gasteiger partial charge is 0.481 e. The average Bonchev–Trinajstić information content (AvgIpc) is 2.60. The third-order valence-corrected chi connectivity index (χ3v) is 5.40. The number of carbonyl (C=O) groups excluding carboxylic acids is 3. The van der Waals surface area contributed by atoms with E-state index in [0.717, 1.165) is 4.90 Å². The summed E-state index contributed by atoms with van der Waals surface area (Å²) in [7, 11) is 0. The number of aliphatic carboxylic acids is 2. The van der Waals surface area contributed by atoms with Crippen molar-refractivity contribution in [3.8, 4) is 0 Å². The molecule has 2 amide bonds. The van der Waals surface area contributed by atoms with E-state index in [-0.39, 0.29) is 36.8 Å². The molecule has 0 aromatic heterocycles. The molecule has 2 rings (SSSR count). The summed E-state index contributed by atoms with van der Waals surface area (Å²) in [5, 5.41) is 20.0. The second-order valence-corrected chi connectivity index (χ2v) is 7.20. The Balaban J connectivity index is 1.96. The highest BCUT2D eigenvalue weighted by atomic mass is 32.2. The molecule has 2 aliphatic rings. The summed E-state index contributed by atoms with van der Waals surface area (Å²) in [5.41, 5.74) is 0.114. The molecular weight excluding hydrogens is 380 g/mol.